The Morgan fingerprint density at radius 2 is 1.90 bits per heavy atom. The molecule has 2 aliphatic rings. The maximum atomic E-state index is 14.2. The first-order valence-corrected chi connectivity index (χ1v) is 13.6. The van der Waals surface area contributed by atoms with Crippen LogP contribution in [0.1, 0.15) is 48.4 Å². The summed E-state index contributed by atoms with van der Waals surface area (Å²) in [6.45, 7) is 2.40. The van der Waals surface area contributed by atoms with E-state index in [0.29, 0.717) is 35.6 Å². The van der Waals surface area contributed by atoms with E-state index in [1.54, 1.807) is 22.6 Å². The van der Waals surface area contributed by atoms with Crippen LogP contribution < -0.4 is 5.56 Å². The van der Waals surface area contributed by atoms with Crippen molar-refractivity contribution < 1.29 is 9.90 Å². The molecule has 3 heterocycles. The molecule has 1 aliphatic heterocycles. The molecule has 1 saturated carbocycles. The minimum Gasteiger partial charge on any atom is -0.392 e. The number of aromatic nitrogens is 3. The SMILES string of the molecule is CC#CC(=O)N1CC(c2cc3cc(C4CC4)ccc3c(=O)n2-c2cccc(-c3ccc4[nH]ncc4c3)c2CO)C1. The summed E-state index contributed by atoms with van der Waals surface area (Å²) in [5.41, 5.74) is 6.04. The minimum absolute atomic E-state index is 0.0261. The second-order valence-corrected chi connectivity index (χ2v) is 10.7. The number of carbonyl (C=O) groups is 1. The topological polar surface area (TPSA) is 91.2 Å². The second-order valence-electron chi connectivity index (χ2n) is 10.7. The standard InChI is InChI=1S/C33H28N4O3/c1-2-4-32(39)36-17-25(18-36)31-15-23-13-21(20-7-8-20)9-11-27(23)33(40)37(31)30-6-3-5-26(28(30)19-38)22-10-12-29-24(14-22)16-34-35-29/h3,5-6,9-16,20,25,38H,7-8,17-19H2,1H3,(H,34,35). The average molecular weight is 529 g/mol. The second kappa shape index (κ2) is 9.51. The van der Waals surface area contributed by atoms with Gasteiger partial charge in [0, 0.05) is 41.0 Å². The van der Waals surface area contributed by atoms with Crippen molar-refractivity contribution in [3.63, 3.8) is 0 Å². The number of aliphatic hydroxyl groups is 1. The number of nitrogens with zero attached hydrogens (tertiary/aromatic N) is 3. The Labute approximate surface area is 231 Å². The third kappa shape index (κ3) is 4.00. The van der Waals surface area contributed by atoms with Crippen LogP contribution in [-0.2, 0) is 11.4 Å². The van der Waals surface area contributed by atoms with Crippen LogP contribution >= 0.6 is 0 Å². The van der Waals surface area contributed by atoms with Crippen LogP contribution in [0.15, 0.2) is 71.7 Å². The molecule has 1 amide bonds. The lowest BCUT2D eigenvalue weighted by Gasteiger charge is -2.39. The first kappa shape index (κ1) is 24.4. The van der Waals surface area contributed by atoms with E-state index >= 15 is 0 Å². The molecule has 5 aromatic rings. The van der Waals surface area contributed by atoms with Gasteiger partial charge in [0.2, 0.25) is 0 Å². The highest BCUT2D eigenvalue weighted by atomic mass is 16.3. The summed E-state index contributed by atoms with van der Waals surface area (Å²) in [5, 5.41) is 20.3. The Kier molecular flexibility index (Phi) is 5.79. The van der Waals surface area contributed by atoms with E-state index in [9.17, 15) is 14.7 Å². The average Bonchev–Trinajstić information content (AvgIpc) is 3.69. The predicted octanol–water partition coefficient (Wildman–Crippen LogP) is 4.85. The van der Waals surface area contributed by atoms with Gasteiger partial charge in [0.05, 0.1) is 24.0 Å². The number of likely N-dealkylation sites (tertiary alicyclic amines) is 1. The van der Waals surface area contributed by atoms with Crippen LogP contribution in [0.25, 0.3) is 38.5 Å². The van der Waals surface area contributed by atoms with Gasteiger partial charge in [0.25, 0.3) is 11.5 Å². The number of pyridine rings is 1. The number of hydrogen-bond donors (Lipinski definition) is 2. The molecule has 7 rings (SSSR count). The number of aliphatic hydroxyl groups excluding tert-OH is 1. The van der Waals surface area contributed by atoms with Gasteiger partial charge in [-0.3, -0.25) is 19.3 Å². The summed E-state index contributed by atoms with van der Waals surface area (Å²) >= 11 is 0. The van der Waals surface area contributed by atoms with Crippen molar-refractivity contribution in [2.75, 3.05) is 13.1 Å². The number of fused-ring (bicyclic) bond motifs is 2. The summed E-state index contributed by atoms with van der Waals surface area (Å²) in [4.78, 5) is 28.3. The van der Waals surface area contributed by atoms with Gasteiger partial charge in [0.15, 0.2) is 0 Å². The first-order chi connectivity index (χ1) is 19.6. The lowest BCUT2D eigenvalue weighted by atomic mass is 9.92. The van der Waals surface area contributed by atoms with Crippen molar-refractivity contribution in [2.45, 2.75) is 38.2 Å². The molecule has 1 aliphatic carbocycles. The highest BCUT2D eigenvalue weighted by Crippen LogP contribution is 2.41. The van der Waals surface area contributed by atoms with Crippen molar-refractivity contribution in [2.24, 2.45) is 0 Å². The number of H-pyrrole nitrogens is 1. The molecule has 3 aromatic carbocycles. The first-order valence-electron chi connectivity index (χ1n) is 13.6. The highest BCUT2D eigenvalue weighted by molar-refractivity contribution is 5.94. The summed E-state index contributed by atoms with van der Waals surface area (Å²) in [6, 6.07) is 20.0. The molecule has 2 N–H and O–H groups in total. The van der Waals surface area contributed by atoms with Crippen molar-refractivity contribution in [3.8, 4) is 28.7 Å². The van der Waals surface area contributed by atoms with E-state index in [1.165, 1.54) is 18.4 Å². The van der Waals surface area contributed by atoms with Crippen LogP contribution in [0.5, 0.6) is 0 Å². The zero-order valence-corrected chi connectivity index (χ0v) is 22.1. The molecule has 2 fully saturated rings. The molecule has 0 radical (unpaired) electrons. The van der Waals surface area contributed by atoms with Gasteiger partial charge in [-0.1, -0.05) is 36.3 Å². The van der Waals surface area contributed by atoms with E-state index < -0.39 is 0 Å². The molecule has 198 valence electrons. The predicted molar refractivity (Wildman–Crippen MR) is 155 cm³/mol. The van der Waals surface area contributed by atoms with E-state index in [-0.39, 0.29) is 24.0 Å². The molecular weight excluding hydrogens is 500 g/mol. The van der Waals surface area contributed by atoms with Crippen LogP contribution in [0.3, 0.4) is 0 Å². The zero-order valence-electron chi connectivity index (χ0n) is 22.1. The van der Waals surface area contributed by atoms with Crippen LogP contribution in [0.4, 0.5) is 0 Å². The number of amides is 1. The minimum atomic E-state index is -0.235. The van der Waals surface area contributed by atoms with Crippen LogP contribution in [-0.4, -0.2) is 43.8 Å². The third-order valence-electron chi connectivity index (χ3n) is 8.24. The van der Waals surface area contributed by atoms with Crippen LogP contribution in [0.2, 0.25) is 0 Å². The molecule has 0 unspecified atom stereocenters. The van der Waals surface area contributed by atoms with E-state index in [2.05, 4.69) is 40.2 Å². The fourth-order valence-corrected chi connectivity index (χ4v) is 5.92. The molecule has 0 bridgehead atoms. The van der Waals surface area contributed by atoms with Gasteiger partial charge in [-0.05, 0) is 84.0 Å². The third-order valence-corrected chi connectivity index (χ3v) is 8.24. The van der Waals surface area contributed by atoms with Crippen molar-refractivity contribution in [1.82, 2.24) is 19.7 Å². The van der Waals surface area contributed by atoms with Crippen molar-refractivity contribution in [3.05, 3.63) is 94.0 Å². The number of hydrogen-bond acceptors (Lipinski definition) is 4. The number of rotatable bonds is 5. The summed E-state index contributed by atoms with van der Waals surface area (Å²) in [7, 11) is 0. The molecule has 40 heavy (non-hydrogen) atoms. The normalized spacial score (nSPS) is 15.2. The molecular formula is C33H28N4O3. The molecule has 2 aromatic heterocycles. The molecule has 1 saturated heterocycles. The fraction of sp³-hybridized carbons (Fsp3) is 0.242. The van der Waals surface area contributed by atoms with Crippen LogP contribution in [0, 0.1) is 11.8 Å². The van der Waals surface area contributed by atoms with Crippen molar-refractivity contribution in [1.29, 1.82) is 0 Å². The highest BCUT2D eigenvalue weighted by Gasteiger charge is 2.34. The van der Waals surface area contributed by atoms with Gasteiger partial charge in [-0.25, -0.2) is 0 Å². The van der Waals surface area contributed by atoms with Gasteiger partial charge < -0.3 is 10.0 Å². The Morgan fingerprint density at radius 3 is 2.67 bits per heavy atom. The van der Waals surface area contributed by atoms with E-state index in [4.69, 9.17) is 0 Å². The number of carbonyl (C=O) groups excluding carboxylic acids is 1. The summed E-state index contributed by atoms with van der Waals surface area (Å²) < 4.78 is 1.75. The summed E-state index contributed by atoms with van der Waals surface area (Å²) in [5.74, 6) is 5.65. The Hall–Kier alpha value is -4.67. The smallest absolute Gasteiger partial charge is 0.298 e. The Balaban J connectivity index is 1.41. The van der Waals surface area contributed by atoms with E-state index in [1.807, 2.05) is 42.5 Å². The molecule has 0 spiro atoms. The van der Waals surface area contributed by atoms with E-state index in [0.717, 1.165) is 33.1 Å². The van der Waals surface area contributed by atoms with Gasteiger partial charge in [-0.15, -0.1) is 0 Å². The van der Waals surface area contributed by atoms with Crippen molar-refractivity contribution >= 4 is 27.6 Å². The molecule has 7 nitrogen and oxygen atoms in total. The quantitative estimate of drug-likeness (QED) is 0.319. The molecule has 7 heteroatoms. The van der Waals surface area contributed by atoms with Gasteiger partial charge in [0.1, 0.15) is 0 Å². The summed E-state index contributed by atoms with van der Waals surface area (Å²) in [6.07, 6.45) is 4.14. The lowest BCUT2D eigenvalue weighted by Crippen LogP contribution is -2.49. The number of benzene rings is 3. The largest absolute Gasteiger partial charge is 0.392 e. The monoisotopic (exact) mass is 528 g/mol. The van der Waals surface area contributed by atoms with Gasteiger partial charge in [-0.2, -0.15) is 5.10 Å². The Morgan fingerprint density at radius 1 is 1.05 bits per heavy atom. The number of aromatic amines is 1. The van der Waals surface area contributed by atoms with Gasteiger partial charge >= 0.3 is 0 Å². The lowest BCUT2D eigenvalue weighted by molar-refractivity contribution is -0.129. The zero-order chi connectivity index (χ0) is 27.4. The number of nitrogens with one attached hydrogen (secondary N) is 1. The fourth-order valence-electron chi connectivity index (χ4n) is 5.92. The Bertz CT molecular complexity index is 1930. The molecule has 0 atom stereocenters. The maximum Gasteiger partial charge on any atom is 0.298 e. The maximum absolute atomic E-state index is 14.2.